The Bertz CT molecular complexity index is 232. The van der Waals surface area contributed by atoms with E-state index >= 15 is 0 Å². The molecule has 0 saturated heterocycles. The molecule has 0 aliphatic rings. The third-order valence-electron chi connectivity index (χ3n) is 2.71. The van der Waals surface area contributed by atoms with E-state index in [2.05, 4.69) is 28.8 Å². The van der Waals surface area contributed by atoms with E-state index in [9.17, 15) is 0 Å². The Morgan fingerprint density at radius 1 is 0.895 bits per heavy atom. The van der Waals surface area contributed by atoms with E-state index in [0.717, 1.165) is 13.0 Å². The Hall–Kier alpha value is -0.860. The summed E-state index contributed by atoms with van der Waals surface area (Å²) in [7, 11) is 0. The fourth-order valence-electron chi connectivity index (χ4n) is 1.73. The fraction of sp³-hybridized carbons (Fsp3) is 0.875. The fourth-order valence-corrected chi connectivity index (χ4v) is 1.73. The minimum atomic E-state index is 1.04. The summed E-state index contributed by atoms with van der Waals surface area (Å²) in [5.74, 6) is 0. The third-order valence-corrected chi connectivity index (χ3v) is 2.71. The van der Waals surface area contributed by atoms with Gasteiger partial charge in [-0.05, 0) is 19.3 Å². The molecule has 0 radical (unpaired) electrons. The first-order valence-corrected chi connectivity index (χ1v) is 8.25. The normalized spacial score (nSPS) is 9.16. The molecule has 0 fully saturated rings. The van der Waals surface area contributed by atoms with Gasteiger partial charge in [-0.3, -0.25) is 0 Å². The van der Waals surface area contributed by atoms with Crippen molar-refractivity contribution in [3.05, 3.63) is 11.9 Å². The second-order valence-corrected chi connectivity index (χ2v) is 4.11. The minimum absolute atomic E-state index is 1.04. The summed E-state index contributed by atoms with van der Waals surface area (Å²) in [6, 6.07) is 0. The Morgan fingerprint density at radius 2 is 1.47 bits per heavy atom. The molecule has 0 unspecified atom stereocenters. The number of rotatable bonds is 8. The van der Waals surface area contributed by atoms with Gasteiger partial charge in [0.05, 0.1) is 11.9 Å². The molecule has 0 saturated carbocycles. The van der Waals surface area contributed by atoms with Gasteiger partial charge < -0.3 is 0 Å². The maximum absolute atomic E-state index is 4.13. The average Bonchev–Trinajstić information content (AvgIpc) is 2.92. The number of hydrogen-bond acceptors (Lipinski definition) is 2. The quantitative estimate of drug-likeness (QED) is 0.603. The summed E-state index contributed by atoms with van der Waals surface area (Å²) < 4.78 is 2.07. The summed E-state index contributed by atoms with van der Waals surface area (Å²) in [4.78, 5) is 0. The standard InChI is InChI=1S/C12H23N3.2C2H6/c1-3-5-7-9-12-11-13-14-15(12)10-8-6-4-2;2*1-2/h11H,3-10H2,1-2H3;2*1-2H3. The van der Waals surface area contributed by atoms with E-state index in [4.69, 9.17) is 0 Å². The van der Waals surface area contributed by atoms with Gasteiger partial charge in [-0.2, -0.15) is 0 Å². The zero-order chi connectivity index (χ0) is 14.9. The molecule has 1 heterocycles. The highest BCUT2D eigenvalue weighted by Crippen LogP contribution is 2.06. The first-order valence-electron chi connectivity index (χ1n) is 8.25. The summed E-state index contributed by atoms with van der Waals surface area (Å²) in [5.41, 5.74) is 1.31. The molecule has 0 amide bonds. The monoisotopic (exact) mass is 269 g/mol. The number of unbranched alkanes of at least 4 members (excludes halogenated alkanes) is 4. The number of aromatic nitrogens is 3. The van der Waals surface area contributed by atoms with Crippen molar-refractivity contribution < 1.29 is 0 Å². The molecule has 3 nitrogen and oxygen atoms in total. The zero-order valence-electron chi connectivity index (χ0n) is 14.1. The Kier molecular flexibility index (Phi) is 18.5. The molecule has 0 N–H and O–H groups in total. The molecule has 1 aromatic heterocycles. The predicted molar refractivity (Wildman–Crippen MR) is 85.5 cm³/mol. The highest BCUT2D eigenvalue weighted by atomic mass is 15.4. The Balaban J connectivity index is 0. The lowest BCUT2D eigenvalue weighted by molar-refractivity contribution is 0.514. The van der Waals surface area contributed by atoms with Gasteiger partial charge in [-0.25, -0.2) is 4.68 Å². The van der Waals surface area contributed by atoms with Crippen LogP contribution in [0.3, 0.4) is 0 Å². The maximum atomic E-state index is 4.13. The molecule has 0 aromatic carbocycles. The minimum Gasteiger partial charge on any atom is -0.249 e. The number of nitrogens with zero attached hydrogens (tertiary/aromatic N) is 3. The van der Waals surface area contributed by atoms with E-state index in [1.807, 2.05) is 33.9 Å². The first kappa shape index (κ1) is 20.5. The largest absolute Gasteiger partial charge is 0.249 e. The van der Waals surface area contributed by atoms with Crippen molar-refractivity contribution in [2.75, 3.05) is 0 Å². The molecule has 1 rings (SSSR count). The van der Waals surface area contributed by atoms with Gasteiger partial charge in [0.15, 0.2) is 0 Å². The molecular formula is C16H35N3. The van der Waals surface area contributed by atoms with Gasteiger partial charge in [-0.15, -0.1) is 5.10 Å². The summed E-state index contributed by atoms with van der Waals surface area (Å²) in [6.07, 6.45) is 10.7. The van der Waals surface area contributed by atoms with Crippen molar-refractivity contribution in [1.82, 2.24) is 15.0 Å². The van der Waals surface area contributed by atoms with Crippen molar-refractivity contribution >= 4 is 0 Å². The van der Waals surface area contributed by atoms with Crippen molar-refractivity contribution in [3.8, 4) is 0 Å². The lowest BCUT2D eigenvalue weighted by Crippen LogP contribution is -2.05. The van der Waals surface area contributed by atoms with E-state index in [0.29, 0.717) is 0 Å². The maximum Gasteiger partial charge on any atom is 0.0725 e. The van der Waals surface area contributed by atoms with Crippen molar-refractivity contribution in [2.45, 2.75) is 93.0 Å². The molecule has 114 valence electrons. The SMILES string of the molecule is CC.CC.CCCCCc1cnnn1CCCCC. The second kappa shape index (κ2) is 17.1. The van der Waals surface area contributed by atoms with Crippen LogP contribution < -0.4 is 0 Å². The molecule has 0 aliphatic carbocycles. The lowest BCUT2D eigenvalue weighted by Gasteiger charge is -2.05. The van der Waals surface area contributed by atoms with Gasteiger partial charge in [0, 0.05) is 6.54 Å². The van der Waals surface area contributed by atoms with Crippen molar-refractivity contribution in [2.24, 2.45) is 0 Å². The van der Waals surface area contributed by atoms with Crippen LogP contribution in [0.1, 0.15) is 85.8 Å². The molecule has 0 spiro atoms. The van der Waals surface area contributed by atoms with Crippen LogP contribution in [0, 0.1) is 0 Å². The zero-order valence-corrected chi connectivity index (χ0v) is 14.1. The highest BCUT2D eigenvalue weighted by Gasteiger charge is 2.02. The van der Waals surface area contributed by atoms with Crippen LogP contribution in [0.15, 0.2) is 6.20 Å². The molecule has 0 atom stereocenters. The predicted octanol–water partition coefficient (Wildman–Crippen LogP) is 5.25. The molecular weight excluding hydrogens is 234 g/mol. The van der Waals surface area contributed by atoms with Crippen LogP contribution in [-0.4, -0.2) is 15.0 Å². The van der Waals surface area contributed by atoms with E-state index in [1.54, 1.807) is 0 Å². The first-order chi connectivity index (χ1) is 9.38. The van der Waals surface area contributed by atoms with Gasteiger partial charge in [0.1, 0.15) is 0 Å². The smallest absolute Gasteiger partial charge is 0.0725 e. The third kappa shape index (κ3) is 10.7. The van der Waals surface area contributed by atoms with Gasteiger partial charge in [-0.1, -0.05) is 72.4 Å². The molecule has 19 heavy (non-hydrogen) atoms. The molecule has 0 aliphatic heterocycles. The van der Waals surface area contributed by atoms with Crippen LogP contribution >= 0.6 is 0 Å². The molecule has 0 bridgehead atoms. The van der Waals surface area contributed by atoms with Crippen LogP contribution in [0.5, 0.6) is 0 Å². The molecule has 1 aromatic rings. The average molecular weight is 269 g/mol. The van der Waals surface area contributed by atoms with E-state index < -0.39 is 0 Å². The molecule has 3 heteroatoms. The topological polar surface area (TPSA) is 30.7 Å². The van der Waals surface area contributed by atoms with Gasteiger partial charge in [0.25, 0.3) is 0 Å². The summed E-state index contributed by atoms with van der Waals surface area (Å²) in [6.45, 7) is 13.5. The van der Waals surface area contributed by atoms with E-state index in [-0.39, 0.29) is 0 Å². The Morgan fingerprint density at radius 3 is 2.05 bits per heavy atom. The number of hydrogen-bond donors (Lipinski definition) is 0. The van der Waals surface area contributed by atoms with Crippen LogP contribution in [0.2, 0.25) is 0 Å². The van der Waals surface area contributed by atoms with Gasteiger partial charge in [0.2, 0.25) is 0 Å². The Labute approximate surface area is 120 Å². The van der Waals surface area contributed by atoms with Crippen LogP contribution in [0.25, 0.3) is 0 Å². The summed E-state index contributed by atoms with van der Waals surface area (Å²) >= 11 is 0. The highest BCUT2D eigenvalue weighted by molar-refractivity contribution is 4.93. The van der Waals surface area contributed by atoms with Gasteiger partial charge >= 0.3 is 0 Å². The lowest BCUT2D eigenvalue weighted by atomic mass is 10.1. The van der Waals surface area contributed by atoms with E-state index in [1.165, 1.54) is 44.2 Å². The second-order valence-electron chi connectivity index (χ2n) is 4.11. The summed E-state index contributed by atoms with van der Waals surface area (Å²) in [5, 5.41) is 8.13. The van der Waals surface area contributed by atoms with Crippen molar-refractivity contribution in [3.63, 3.8) is 0 Å². The van der Waals surface area contributed by atoms with Crippen LogP contribution in [0.4, 0.5) is 0 Å². The van der Waals surface area contributed by atoms with Crippen molar-refractivity contribution in [1.29, 1.82) is 0 Å². The number of aryl methyl sites for hydroxylation is 2. The van der Waals surface area contributed by atoms with Crippen LogP contribution in [-0.2, 0) is 13.0 Å².